The lowest BCUT2D eigenvalue weighted by Gasteiger charge is -2.34. The number of anilines is 1. The lowest BCUT2D eigenvalue weighted by atomic mass is 9.97. The zero-order chi connectivity index (χ0) is 14.3. The van der Waals surface area contributed by atoms with Crippen molar-refractivity contribution in [2.24, 2.45) is 5.92 Å². The lowest BCUT2D eigenvalue weighted by molar-refractivity contribution is -0.176. The summed E-state index contributed by atoms with van der Waals surface area (Å²) < 4.78 is 38.5. The fraction of sp³-hybridized carbons (Fsp3) is 0.692. The Bertz CT molecular complexity index is 502. The van der Waals surface area contributed by atoms with Gasteiger partial charge < -0.3 is 4.90 Å². The molecule has 1 saturated carbocycles. The van der Waals surface area contributed by atoms with Crippen molar-refractivity contribution in [2.45, 2.75) is 37.8 Å². The van der Waals surface area contributed by atoms with Gasteiger partial charge in [0.05, 0.1) is 5.92 Å². The molecule has 0 amide bonds. The molecule has 2 aliphatic rings. The van der Waals surface area contributed by atoms with Crippen molar-refractivity contribution in [3.05, 3.63) is 17.0 Å². The van der Waals surface area contributed by atoms with Gasteiger partial charge in [0.1, 0.15) is 16.8 Å². The highest BCUT2D eigenvalue weighted by Crippen LogP contribution is 2.40. The maximum Gasteiger partial charge on any atom is 0.393 e. The van der Waals surface area contributed by atoms with Gasteiger partial charge in [0.25, 0.3) is 0 Å². The van der Waals surface area contributed by atoms with E-state index in [-0.39, 0.29) is 13.0 Å². The topological polar surface area (TPSA) is 29.0 Å². The van der Waals surface area contributed by atoms with Gasteiger partial charge in [-0.1, -0.05) is 11.6 Å². The first-order valence-electron chi connectivity index (χ1n) is 6.79. The summed E-state index contributed by atoms with van der Waals surface area (Å²) in [7, 11) is 0. The molecule has 1 saturated heterocycles. The summed E-state index contributed by atoms with van der Waals surface area (Å²) in [5.74, 6) is 0.243. The molecule has 3 rings (SSSR count). The Hall–Kier alpha value is -1.04. The zero-order valence-electron chi connectivity index (χ0n) is 10.8. The van der Waals surface area contributed by atoms with Gasteiger partial charge in [-0.3, -0.25) is 0 Å². The van der Waals surface area contributed by atoms with E-state index in [9.17, 15) is 13.2 Å². The van der Waals surface area contributed by atoms with E-state index in [0.29, 0.717) is 35.7 Å². The Labute approximate surface area is 120 Å². The number of nitrogens with zero attached hydrogens (tertiary/aromatic N) is 3. The lowest BCUT2D eigenvalue weighted by Crippen LogP contribution is -2.42. The molecule has 7 heteroatoms. The van der Waals surface area contributed by atoms with Crippen LogP contribution < -0.4 is 4.90 Å². The van der Waals surface area contributed by atoms with Gasteiger partial charge >= 0.3 is 6.18 Å². The predicted molar refractivity (Wildman–Crippen MR) is 70.0 cm³/mol. The molecule has 0 aromatic carbocycles. The van der Waals surface area contributed by atoms with Crippen LogP contribution >= 0.6 is 11.6 Å². The minimum absolute atomic E-state index is 0.0407. The van der Waals surface area contributed by atoms with Crippen molar-refractivity contribution in [3.8, 4) is 0 Å². The quantitative estimate of drug-likeness (QED) is 0.779. The van der Waals surface area contributed by atoms with Crippen LogP contribution in [0.2, 0.25) is 5.15 Å². The van der Waals surface area contributed by atoms with E-state index >= 15 is 0 Å². The Balaban J connectivity index is 1.81. The summed E-state index contributed by atoms with van der Waals surface area (Å²) in [6, 6.07) is 1.56. The Morgan fingerprint density at radius 1 is 1.20 bits per heavy atom. The van der Waals surface area contributed by atoms with Crippen LogP contribution in [0.3, 0.4) is 0 Å². The predicted octanol–water partition coefficient (Wildman–Crippen LogP) is 3.79. The summed E-state index contributed by atoms with van der Waals surface area (Å²) in [6.45, 7) is 0.547. The number of rotatable bonds is 2. The van der Waals surface area contributed by atoms with Gasteiger partial charge in [0, 0.05) is 25.1 Å². The average molecular weight is 306 g/mol. The molecule has 1 aliphatic carbocycles. The minimum atomic E-state index is -4.14. The van der Waals surface area contributed by atoms with Crippen molar-refractivity contribution >= 4 is 17.4 Å². The molecule has 0 spiro atoms. The second-order valence-corrected chi connectivity index (χ2v) is 5.90. The summed E-state index contributed by atoms with van der Waals surface area (Å²) >= 11 is 5.97. The van der Waals surface area contributed by atoms with E-state index in [0.717, 1.165) is 12.8 Å². The fourth-order valence-electron chi connectivity index (χ4n) is 2.56. The Kier molecular flexibility index (Phi) is 3.52. The highest BCUT2D eigenvalue weighted by molar-refractivity contribution is 6.29. The third kappa shape index (κ3) is 3.00. The smallest absolute Gasteiger partial charge is 0.356 e. The van der Waals surface area contributed by atoms with Crippen LogP contribution in [0.15, 0.2) is 6.07 Å². The summed E-state index contributed by atoms with van der Waals surface area (Å²) in [4.78, 5) is 10.2. The van der Waals surface area contributed by atoms with Crippen LogP contribution in [-0.4, -0.2) is 29.2 Å². The van der Waals surface area contributed by atoms with Crippen molar-refractivity contribution in [1.29, 1.82) is 0 Å². The molecule has 0 bridgehead atoms. The van der Waals surface area contributed by atoms with Crippen LogP contribution in [0.4, 0.5) is 19.0 Å². The molecule has 1 aromatic heterocycles. The van der Waals surface area contributed by atoms with Crippen molar-refractivity contribution in [1.82, 2.24) is 9.97 Å². The molecule has 2 heterocycles. The number of piperidine rings is 1. The van der Waals surface area contributed by atoms with Gasteiger partial charge in [0.15, 0.2) is 0 Å². The van der Waals surface area contributed by atoms with E-state index < -0.39 is 12.1 Å². The molecule has 1 aliphatic heterocycles. The number of alkyl halides is 3. The maximum atomic E-state index is 12.8. The highest BCUT2D eigenvalue weighted by atomic mass is 35.5. The number of hydrogen-bond donors (Lipinski definition) is 0. The normalized spacial score (nSPS) is 24.0. The van der Waals surface area contributed by atoms with Crippen LogP contribution in [0.5, 0.6) is 0 Å². The number of aromatic nitrogens is 2. The van der Waals surface area contributed by atoms with Crippen LogP contribution in [0.25, 0.3) is 0 Å². The molecule has 20 heavy (non-hydrogen) atoms. The third-order valence-electron chi connectivity index (χ3n) is 3.85. The SMILES string of the molecule is FC(F)(F)C1CCCN(c2cc(Cl)nc(C3CC3)n2)C1. The van der Waals surface area contributed by atoms with Gasteiger partial charge in [-0.15, -0.1) is 0 Å². The molecule has 2 fully saturated rings. The molecule has 1 aromatic rings. The number of hydrogen-bond acceptors (Lipinski definition) is 3. The molecular weight excluding hydrogens is 291 g/mol. The highest BCUT2D eigenvalue weighted by Gasteiger charge is 2.42. The molecule has 3 nitrogen and oxygen atoms in total. The molecular formula is C13H15ClF3N3. The Morgan fingerprint density at radius 2 is 1.95 bits per heavy atom. The van der Waals surface area contributed by atoms with E-state index in [4.69, 9.17) is 11.6 Å². The molecule has 110 valence electrons. The second-order valence-electron chi connectivity index (χ2n) is 5.51. The largest absolute Gasteiger partial charge is 0.393 e. The Morgan fingerprint density at radius 3 is 2.60 bits per heavy atom. The van der Waals surface area contributed by atoms with Gasteiger partial charge in [-0.05, 0) is 25.7 Å². The molecule has 0 N–H and O–H groups in total. The maximum absolute atomic E-state index is 12.8. The molecule has 1 unspecified atom stereocenters. The van der Waals surface area contributed by atoms with Crippen molar-refractivity contribution < 1.29 is 13.2 Å². The first-order chi connectivity index (χ1) is 9.43. The average Bonchev–Trinajstić information content (AvgIpc) is 3.21. The molecule has 1 atom stereocenters. The van der Waals surface area contributed by atoms with Crippen LogP contribution in [-0.2, 0) is 0 Å². The van der Waals surface area contributed by atoms with Crippen LogP contribution in [0.1, 0.15) is 37.4 Å². The first kappa shape index (κ1) is 13.9. The van der Waals surface area contributed by atoms with Crippen molar-refractivity contribution in [3.63, 3.8) is 0 Å². The van der Waals surface area contributed by atoms with Gasteiger partial charge in [0.2, 0.25) is 0 Å². The molecule has 0 radical (unpaired) electrons. The monoisotopic (exact) mass is 305 g/mol. The van der Waals surface area contributed by atoms with Gasteiger partial charge in [-0.2, -0.15) is 13.2 Å². The second kappa shape index (κ2) is 5.06. The van der Waals surface area contributed by atoms with E-state index in [1.54, 1.807) is 11.0 Å². The van der Waals surface area contributed by atoms with E-state index in [1.807, 2.05) is 0 Å². The van der Waals surface area contributed by atoms with E-state index in [1.165, 1.54) is 0 Å². The van der Waals surface area contributed by atoms with Gasteiger partial charge in [-0.25, -0.2) is 9.97 Å². The summed E-state index contributed by atoms with van der Waals surface area (Å²) in [6.07, 6.45) is -1.37. The van der Waals surface area contributed by atoms with Crippen molar-refractivity contribution in [2.75, 3.05) is 18.0 Å². The summed E-state index contributed by atoms with van der Waals surface area (Å²) in [5, 5.41) is 0.311. The summed E-state index contributed by atoms with van der Waals surface area (Å²) in [5.41, 5.74) is 0. The third-order valence-corrected chi connectivity index (χ3v) is 4.04. The zero-order valence-corrected chi connectivity index (χ0v) is 11.6. The standard InChI is InChI=1S/C13H15ClF3N3/c14-10-6-11(19-12(18-10)8-3-4-8)20-5-1-2-9(7-20)13(15,16)17/h6,8-9H,1-5,7H2. The van der Waals surface area contributed by atoms with Crippen LogP contribution in [0, 0.1) is 5.92 Å². The number of halogens is 4. The van der Waals surface area contributed by atoms with E-state index in [2.05, 4.69) is 9.97 Å². The first-order valence-corrected chi connectivity index (χ1v) is 7.17. The minimum Gasteiger partial charge on any atom is -0.356 e. The fourth-order valence-corrected chi connectivity index (χ4v) is 2.75.